The molecular weight excluding hydrogens is 244 g/mol. The van der Waals surface area contributed by atoms with Crippen LogP contribution < -0.4 is 4.74 Å². The van der Waals surface area contributed by atoms with Gasteiger partial charge in [-0.05, 0) is 48.6 Å². The van der Waals surface area contributed by atoms with Gasteiger partial charge < -0.3 is 14.9 Å². The first kappa shape index (κ1) is 15.5. The summed E-state index contributed by atoms with van der Waals surface area (Å²) in [7, 11) is 1.59. The molecule has 0 aliphatic carbocycles. The number of aliphatic carboxylic acids is 1. The number of aryl methyl sites for hydroxylation is 2. The Bertz CT molecular complexity index is 479. The Labute approximate surface area is 114 Å². The summed E-state index contributed by atoms with van der Waals surface area (Å²) in [6.45, 7) is 7.37. The molecule has 1 aromatic carbocycles. The van der Waals surface area contributed by atoms with Gasteiger partial charge in [-0.25, -0.2) is 0 Å². The van der Waals surface area contributed by atoms with Crippen LogP contribution >= 0.6 is 0 Å². The largest absolute Gasteiger partial charge is 0.496 e. The molecule has 1 unspecified atom stereocenters. The average molecular weight is 266 g/mol. The van der Waals surface area contributed by atoms with Gasteiger partial charge >= 0.3 is 5.97 Å². The molecule has 0 bridgehead atoms. The molecule has 0 heterocycles. The molecule has 0 amide bonds. The Morgan fingerprint density at radius 2 is 1.89 bits per heavy atom. The van der Waals surface area contributed by atoms with Crippen molar-refractivity contribution >= 4 is 5.97 Å². The highest BCUT2D eigenvalue weighted by molar-refractivity contribution is 5.69. The molecule has 0 saturated heterocycles. The van der Waals surface area contributed by atoms with Crippen LogP contribution in [0.25, 0.3) is 0 Å². The highest BCUT2D eigenvalue weighted by atomic mass is 16.5. The molecule has 0 saturated carbocycles. The van der Waals surface area contributed by atoms with E-state index < -0.39 is 11.6 Å². The zero-order chi connectivity index (χ0) is 14.8. The Hall–Kier alpha value is -1.55. The monoisotopic (exact) mass is 266 g/mol. The summed E-state index contributed by atoms with van der Waals surface area (Å²) in [5.74, 6) is -0.471. The minimum Gasteiger partial charge on any atom is -0.496 e. The lowest BCUT2D eigenvalue weighted by Gasteiger charge is -2.33. The molecule has 0 aromatic heterocycles. The molecule has 0 aliphatic heterocycles. The second kappa shape index (κ2) is 5.61. The zero-order valence-corrected chi connectivity index (χ0v) is 12.2. The van der Waals surface area contributed by atoms with Crippen LogP contribution in [0, 0.1) is 19.8 Å². The molecule has 1 atom stereocenters. The van der Waals surface area contributed by atoms with Gasteiger partial charge in [-0.1, -0.05) is 13.8 Å². The predicted octanol–water partition coefficient (Wildman–Crippen LogP) is 2.63. The lowest BCUT2D eigenvalue weighted by atomic mass is 9.78. The van der Waals surface area contributed by atoms with Crippen molar-refractivity contribution in [1.82, 2.24) is 0 Å². The van der Waals surface area contributed by atoms with E-state index in [0.29, 0.717) is 5.56 Å². The SMILES string of the molecule is COc1cc(C)c(C(O)(CC(=O)O)C(C)C)cc1C. The molecule has 1 aromatic rings. The second-order valence-corrected chi connectivity index (χ2v) is 5.29. The number of carboxylic acids is 1. The van der Waals surface area contributed by atoms with Crippen molar-refractivity contribution in [1.29, 1.82) is 0 Å². The number of aliphatic hydroxyl groups is 1. The Kier molecular flexibility index (Phi) is 4.58. The maximum absolute atomic E-state index is 11.0. The molecule has 0 spiro atoms. The van der Waals surface area contributed by atoms with Crippen LogP contribution in [-0.2, 0) is 10.4 Å². The number of rotatable bonds is 5. The van der Waals surface area contributed by atoms with Crippen molar-refractivity contribution in [3.63, 3.8) is 0 Å². The normalized spacial score (nSPS) is 14.3. The Morgan fingerprint density at radius 1 is 1.32 bits per heavy atom. The van der Waals surface area contributed by atoms with E-state index in [9.17, 15) is 9.90 Å². The predicted molar refractivity (Wildman–Crippen MR) is 73.5 cm³/mol. The van der Waals surface area contributed by atoms with E-state index in [1.54, 1.807) is 7.11 Å². The fourth-order valence-electron chi connectivity index (χ4n) is 2.32. The van der Waals surface area contributed by atoms with Crippen LogP contribution in [0.2, 0.25) is 0 Å². The summed E-state index contributed by atoms with van der Waals surface area (Å²) < 4.78 is 5.24. The minimum atomic E-state index is -1.37. The summed E-state index contributed by atoms with van der Waals surface area (Å²) in [5.41, 5.74) is 1.00. The van der Waals surface area contributed by atoms with E-state index in [1.165, 1.54) is 0 Å². The molecule has 4 heteroatoms. The molecule has 106 valence electrons. The molecule has 2 N–H and O–H groups in total. The highest BCUT2D eigenvalue weighted by Crippen LogP contribution is 2.37. The van der Waals surface area contributed by atoms with Gasteiger partial charge in [-0.15, -0.1) is 0 Å². The van der Waals surface area contributed by atoms with Crippen molar-refractivity contribution in [2.75, 3.05) is 7.11 Å². The molecule has 0 aliphatic rings. The van der Waals surface area contributed by atoms with Gasteiger partial charge in [0.1, 0.15) is 11.4 Å². The van der Waals surface area contributed by atoms with E-state index in [0.717, 1.165) is 16.9 Å². The third-order valence-corrected chi connectivity index (χ3v) is 3.58. The van der Waals surface area contributed by atoms with Crippen LogP contribution in [0.15, 0.2) is 12.1 Å². The van der Waals surface area contributed by atoms with Crippen LogP contribution in [-0.4, -0.2) is 23.3 Å². The number of methoxy groups -OCH3 is 1. The number of hydrogen-bond donors (Lipinski definition) is 2. The van der Waals surface area contributed by atoms with E-state index in [1.807, 2.05) is 39.8 Å². The second-order valence-electron chi connectivity index (χ2n) is 5.29. The van der Waals surface area contributed by atoms with Crippen LogP contribution in [0.5, 0.6) is 5.75 Å². The Balaban J connectivity index is 3.39. The summed E-state index contributed by atoms with van der Waals surface area (Å²) in [5, 5.41) is 19.8. The number of hydrogen-bond acceptors (Lipinski definition) is 3. The van der Waals surface area contributed by atoms with Crippen LogP contribution in [0.1, 0.15) is 37.0 Å². The van der Waals surface area contributed by atoms with Crippen molar-refractivity contribution in [2.45, 2.75) is 39.7 Å². The Morgan fingerprint density at radius 3 is 2.32 bits per heavy atom. The van der Waals surface area contributed by atoms with Crippen molar-refractivity contribution in [2.24, 2.45) is 5.92 Å². The van der Waals surface area contributed by atoms with Gasteiger partial charge in [0.25, 0.3) is 0 Å². The maximum Gasteiger partial charge on any atom is 0.306 e. The van der Waals surface area contributed by atoms with Gasteiger partial charge in [0.05, 0.1) is 13.5 Å². The summed E-state index contributed by atoms with van der Waals surface area (Å²) >= 11 is 0. The standard InChI is InChI=1S/C15H22O4/c1-9(2)15(18,8-14(16)17)12-6-11(4)13(19-5)7-10(12)3/h6-7,9,18H,8H2,1-5H3,(H,16,17). The smallest absolute Gasteiger partial charge is 0.306 e. The van der Waals surface area contributed by atoms with E-state index in [4.69, 9.17) is 9.84 Å². The first-order valence-corrected chi connectivity index (χ1v) is 6.32. The fraction of sp³-hybridized carbons (Fsp3) is 0.533. The van der Waals surface area contributed by atoms with Gasteiger partial charge in [-0.3, -0.25) is 4.79 Å². The first-order chi connectivity index (χ1) is 8.72. The average Bonchev–Trinajstić information content (AvgIpc) is 2.30. The summed E-state index contributed by atoms with van der Waals surface area (Å²) in [6, 6.07) is 3.65. The molecule has 1 rings (SSSR count). The minimum absolute atomic E-state index is 0.199. The summed E-state index contributed by atoms with van der Waals surface area (Å²) in [6.07, 6.45) is -0.308. The number of carbonyl (C=O) groups is 1. The molecule has 0 fully saturated rings. The quantitative estimate of drug-likeness (QED) is 0.859. The number of benzene rings is 1. The first-order valence-electron chi connectivity index (χ1n) is 6.32. The van der Waals surface area contributed by atoms with Gasteiger partial charge in [0.15, 0.2) is 0 Å². The van der Waals surface area contributed by atoms with Crippen molar-refractivity contribution < 1.29 is 19.7 Å². The van der Waals surface area contributed by atoms with Crippen molar-refractivity contribution in [3.05, 3.63) is 28.8 Å². The zero-order valence-electron chi connectivity index (χ0n) is 12.2. The molecular formula is C15H22O4. The third-order valence-electron chi connectivity index (χ3n) is 3.58. The lowest BCUT2D eigenvalue weighted by Crippen LogP contribution is -2.35. The van der Waals surface area contributed by atoms with Gasteiger partial charge in [0.2, 0.25) is 0 Å². The lowest BCUT2D eigenvalue weighted by molar-refractivity contribution is -0.145. The topological polar surface area (TPSA) is 66.8 Å². The van der Waals surface area contributed by atoms with Crippen LogP contribution in [0.4, 0.5) is 0 Å². The molecule has 0 radical (unpaired) electrons. The number of carboxylic acid groups (broad SMARTS) is 1. The third kappa shape index (κ3) is 3.07. The van der Waals surface area contributed by atoms with E-state index in [-0.39, 0.29) is 12.3 Å². The molecule has 19 heavy (non-hydrogen) atoms. The van der Waals surface area contributed by atoms with E-state index in [2.05, 4.69) is 0 Å². The fourth-order valence-corrected chi connectivity index (χ4v) is 2.32. The van der Waals surface area contributed by atoms with E-state index >= 15 is 0 Å². The van der Waals surface area contributed by atoms with Gasteiger partial charge in [-0.2, -0.15) is 0 Å². The number of ether oxygens (including phenoxy) is 1. The van der Waals surface area contributed by atoms with Crippen molar-refractivity contribution in [3.8, 4) is 5.75 Å². The summed E-state index contributed by atoms with van der Waals surface area (Å²) in [4.78, 5) is 11.0. The van der Waals surface area contributed by atoms with Crippen LogP contribution in [0.3, 0.4) is 0 Å². The highest BCUT2D eigenvalue weighted by Gasteiger charge is 2.37. The van der Waals surface area contributed by atoms with Gasteiger partial charge in [0, 0.05) is 0 Å². The maximum atomic E-state index is 11.0. The molecule has 4 nitrogen and oxygen atoms in total.